The van der Waals surface area contributed by atoms with Gasteiger partial charge in [0.25, 0.3) is 0 Å². The van der Waals surface area contributed by atoms with E-state index in [-0.39, 0.29) is 11.7 Å². The molecule has 0 atom stereocenters. The number of nitrogens with zero attached hydrogens (tertiary/aromatic N) is 2. The van der Waals surface area contributed by atoms with Crippen LogP contribution in [-0.2, 0) is 10.9 Å². The summed E-state index contributed by atoms with van der Waals surface area (Å²) in [5.74, 6) is 0. The summed E-state index contributed by atoms with van der Waals surface area (Å²) in [5.41, 5.74) is -0.619. The molecule has 1 aromatic carbocycles. The minimum Gasteiger partial charge on any atom is -0.378 e. The van der Waals surface area contributed by atoms with Gasteiger partial charge in [0, 0.05) is 25.9 Å². The Morgan fingerprint density at radius 3 is 2.56 bits per heavy atom. The van der Waals surface area contributed by atoms with Gasteiger partial charge in [0.1, 0.15) is 0 Å². The maximum atomic E-state index is 12.6. The molecule has 1 aliphatic rings. The lowest BCUT2D eigenvalue weighted by Crippen LogP contribution is -2.51. The van der Waals surface area contributed by atoms with Gasteiger partial charge in [-0.3, -0.25) is 0 Å². The van der Waals surface area contributed by atoms with Crippen LogP contribution >= 0.6 is 0 Å². The normalized spacial score (nSPS) is 16.3. The van der Waals surface area contributed by atoms with Crippen molar-refractivity contribution >= 4 is 5.69 Å². The second-order valence-corrected chi connectivity index (χ2v) is 4.10. The van der Waals surface area contributed by atoms with Crippen molar-refractivity contribution in [3.05, 3.63) is 29.3 Å². The lowest BCUT2D eigenvalue weighted by Gasteiger charge is -2.40. The van der Waals surface area contributed by atoms with E-state index in [2.05, 4.69) is 0 Å². The average molecular weight is 256 g/mol. The Morgan fingerprint density at radius 1 is 1.39 bits per heavy atom. The van der Waals surface area contributed by atoms with E-state index in [1.807, 2.05) is 4.90 Å². The van der Waals surface area contributed by atoms with Gasteiger partial charge in [-0.1, -0.05) is 0 Å². The van der Waals surface area contributed by atoms with Crippen LogP contribution in [-0.4, -0.2) is 26.3 Å². The van der Waals surface area contributed by atoms with Gasteiger partial charge in [-0.25, -0.2) is 0 Å². The fraction of sp³-hybridized carbons (Fsp3) is 0.417. The van der Waals surface area contributed by atoms with Crippen LogP contribution in [0.2, 0.25) is 0 Å². The third-order valence-electron chi connectivity index (χ3n) is 2.98. The van der Waals surface area contributed by atoms with Crippen LogP contribution in [0.25, 0.3) is 0 Å². The Hall–Kier alpha value is -1.74. The quantitative estimate of drug-likeness (QED) is 0.815. The van der Waals surface area contributed by atoms with Gasteiger partial charge < -0.3 is 9.64 Å². The molecule has 0 saturated carbocycles. The molecular weight excluding hydrogens is 245 g/mol. The van der Waals surface area contributed by atoms with Crippen LogP contribution in [0.3, 0.4) is 0 Å². The monoisotopic (exact) mass is 256 g/mol. The Morgan fingerprint density at radius 2 is 2.06 bits per heavy atom. The van der Waals surface area contributed by atoms with E-state index >= 15 is 0 Å². The van der Waals surface area contributed by atoms with E-state index in [0.717, 1.165) is 6.07 Å². The highest BCUT2D eigenvalue weighted by Gasteiger charge is 2.34. The first-order valence-corrected chi connectivity index (χ1v) is 5.35. The zero-order valence-electron chi connectivity index (χ0n) is 9.66. The zero-order valence-corrected chi connectivity index (χ0v) is 9.66. The van der Waals surface area contributed by atoms with E-state index in [9.17, 15) is 13.2 Å². The summed E-state index contributed by atoms with van der Waals surface area (Å²) in [6, 6.07) is 5.20. The predicted octanol–water partition coefficient (Wildman–Crippen LogP) is 2.41. The molecule has 0 bridgehead atoms. The van der Waals surface area contributed by atoms with Crippen molar-refractivity contribution in [2.75, 3.05) is 25.1 Å². The molecule has 2 rings (SSSR count). The van der Waals surface area contributed by atoms with E-state index in [1.165, 1.54) is 12.1 Å². The van der Waals surface area contributed by atoms with Crippen molar-refractivity contribution in [2.24, 2.45) is 0 Å². The second kappa shape index (κ2) is 4.50. The van der Waals surface area contributed by atoms with E-state index in [4.69, 9.17) is 10.00 Å². The summed E-state index contributed by atoms with van der Waals surface area (Å²) in [7, 11) is 1.59. The second-order valence-electron chi connectivity index (χ2n) is 4.10. The number of hydrogen-bond acceptors (Lipinski definition) is 3. The Bertz CT molecular complexity index is 487. The molecule has 0 N–H and O–H groups in total. The Kier molecular flexibility index (Phi) is 3.18. The molecule has 0 aliphatic carbocycles. The van der Waals surface area contributed by atoms with E-state index in [0.29, 0.717) is 18.8 Å². The first-order chi connectivity index (χ1) is 8.45. The zero-order chi connectivity index (χ0) is 13.3. The number of anilines is 1. The molecule has 96 valence electrons. The number of methoxy groups -OCH3 is 1. The lowest BCUT2D eigenvalue weighted by molar-refractivity contribution is -0.137. The van der Waals surface area contributed by atoms with Crippen molar-refractivity contribution in [2.45, 2.75) is 12.3 Å². The third-order valence-corrected chi connectivity index (χ3v) is 2.98. The van der Waals surface area contributed by atoms with Gasteiger partial charge in [-0.05, 0) is 18.2 Å². The van der Waals surface area contributed by atoms with Crippen molar-refractivity contribution in [3.63, 3.8) is 0 Å². The van der Waals surface area contributed by atoms with E-state index < -0.39 is 11.7 Å². The summed E-state index contributed by atoms with van der Waals surface area (Å²) in [4.78, 5) is 1.87. The maximum Gasteiger partial charge on any atom is 0.417 e. The number of alkyl halides is 3. The largest absolute Gasteiger partial charge is 0.417 e. The van der Waals surface area contributed by atoms with Crippen LogP contribution in [0.5, 0.6) is 0 Å². The van der Waals surface area contributed by atoms with Gasteiger partial charge in [0.05, 0.1) is 23.3 Å². The van der Waals surface area contributed by atoms with Crippen molar-refractivity contribution in [1.29, 1.82) is 5.26 Å². The minimum absolute atomic E-state index is 0.109. The summed E-state index contributed by atoms with van der Waals surface area (Å²) < 4.78 is 42.9. The highest BCUT2D eigenvalue weighted by molar-refractivity contribution is 5.56. The molecule has 0 unspecified atom stereocenters. The van der Waals surface area contributed by atoms with E-state index in [1.54, 1.807) is 13.2 Å². The molecule has 0 amide bonds. The smallest absolute Gasteiger partial charge is 0.378 e. The van der Waals surface area contributed by atoms with Gasteiger partial charge >= 0.3 is 6.18 Å². The molecule has 1 heterocycles. The molecule has 1 saturated heterocycles. The topological polar surface area (TPSA) is 36.3 Å². The summed E-state index contributed by atoms with van der Waals surface area (Å²) in [5, 5.41) is 8.78. The molecule has 18 heavy (non-hydrogen) atoms. The minimum atomic E-state index is -4.49. The molecular formula is C12H11F3N2O. The van der Waals surface area contributed by atoms with Crippen LogP contribution in [0, 0.1) is 11.3 Å². The predicted molar refractivity (Wildman–Crippen MR) is 59.2 cm³/mol. The number of hydrogen-bond donors (Lipinski definition) is 0. The molecule has 3 nitrogen and oxygen atoms in total. The summed E-state index contributed by atoms with van der Waals surface area (Å²) >= 11 is 0. The molecule has 1 aromatic rings. The van der Waals surface area contributed by atoms with Gasteiger partial charge in [-0.2, -0.15) is 18.4 Å². The highest BCUT2D eigenvalue weighted by atomic mass is 19.4. The van der Waals surface area contributed by atoms with Crippen LogP contribution < -0.4 is 4.90 Å². The maximum absolute atomic E-state index is 12.6. The lowest BCUT2D eigenvalue weighted by atomic mass is 10.0. The van der Waals surface area contributed by atoms with Gasteiger partial charge in [0.15, 0.2) is 0 Å². The summed E-state index contributed by atoms with van der Waals surface area (Å²) in [6.45, 7) is 1.26. The number of rotatable bonds is 2. The SMILES string of the molecule is COC1CN(c2ccc(C(F)(F)F)c(C#N)c2)C1. The standard InChI is InChI=1S/C12H11F3N2O/c1-18-10-6-17(7-10)9-2-3-11(12(13,14)15)8(4-9)5-16/h2-4,10H,6-7H2,1H3. The van der Waals surface area contributed by atoms with Gasteiger partial charge in [0.2, 0.25) is 0 Å². The van der Waals surface area contributed by atoms with Gasteiger partial charge in [-0.15, -0.1) is 0 Å². The first kappa shape index (κ1) is 12.7. The summed E-state index contributed by atoms with van der Waals surface area (Å²) in [6.07, 6.45) is -4.38. The number of halogens is 3. The van der Waals surface area contributed by atoms with Crippen molar-refractivity contribution in [1.82, 2.24) is 0 Å². The van der Waals surface area contributed by atoms with Crippen LogP contribution in [0.4, 0.5) is 18.9 Å². The molecule has 6 heteroatoms. The Balaban J connectivity index is 2.24. The third kappa shape index (κ3) is 2.27. The number of benzene rings is 1. The van der Waals surface area contributed by atoms with Crippen LogP contribution in [0.15, 0.2) is 18.2 Å². The first-order valence-electron chi connectivity index (χ1n) is 5.35. The molecule has 1 aliphatic heterocycles. The fourth-order valence-corrected chi connectivity index (χ4v) is 1.87. The fourth-order valence-electron chi connectivity index (χ4n) is 1.87. The molecule has 0 aromatic heterocycles. The number of ether oxygens (including phenoxy) is 1. The van der Waals surface area contributed by atoms with Crippen molar-refractivity contribution in [3.8, 4) is 6.07 Å². The molecule has 0 radical (unpaired) electrons. The number of nitriles is 1. The van der Waals surface area contributed by atoms with Crippen LogP contribution in [0.1, 0.15) is 11.1 Å². The molecule has 0 spiro atoms. The molecule has 1 fully saturated rings. The average Bonchev–Trinajstić information content (AvgIpc) is 2.26. The highest BCUT2D eigenvalue weighted by Crippen LogP contribution is 2.34. The Labute approximate surface area is 102 Å². The van der Waals surface area contributed by atoms with Crippen molar-refractivity contribution < 1.29 is 17.9 Å².